The Morgan fingerprint density at radius 1 is 0.842 bits per heavy atom. The Hall–Kier alpha value is -2.33. The zero-order valence-electron chi connectivity index (χ0n) is 10.1. The summed E-state index contributed by atoms with van der Waals surface area (Å²) in [7, 11) is 0. The molecule has 0 spiro atoms. The molecule has 0 saturated heterocycles. The fourth-order valence-electron chi connectivity index (χ4n) is 1.81. The second kappa shape index (κ2) is 5.54. The van der Waals surface area contributed by atoms with Crippen LogP contribution >= 0.6 is 12.4 Å². The van der Waals surface area contributed by atoms with Crippen molar-refractivity contribution in [2.24, 2.45) is 0 Å². The minimum absolute atomic E-state index is 0. The summed E-state index contributed by atoms with van der Waals surface area (Å²) < 4.78 is 0. The van der Waals surface area contributed by atoms with E-state index in [1.54, 1.807) is 0 Å². The summed E-state index contributed by atoms with van der Waals surface area (Å²) in [5.41, 5.74) is 7.69. The molecule has 0 saturated carbocycles. The van der Waals surface area contributed by atoms with Crippen molar-refractivity contribution >= 4 is 40.8 Å². The fraction of sp³-hybridized carbons (Fsp3) is 0. The molecule has 3 rings (SSSR count). The number of benzene rings is 2. The van der Waals surface area contributed by atoms with Crippen LogP contribution in [0.1, 0.15) is 0 Å². The summed E-state index contributed by atoms with van der Waals surface area (Å²) >= 11 is 0. The SMILES string of the molecule is Cl.Nc1nc(Nc2ccccc2)nc2ccccc12. The van der Waals surface area contributed by atoms with E-state index < -0.39 is 0 Å². The topological polar surface area (TPSA) is 63.8 Å². The lowest BCUT2D eigenvalue weighted by molar-refractivity contribution is 1.22. The Labute approximate surface area is 117 Å². The molecule has 96 valence electrons. The van der Waals surface area contributed by atoms with Crippen LogP contribution in [0.3, 0.4) is 0 Å². The Balaban J connectivity index is 0.00000133. The van der Waals surface area contributed by atoms with E-state index in [1.165, 1.54) is 0 Å². The first-order valence-corrected chi connectivity index (χ1v) is 5.67. The highest BCUT2D eigenvalue weighted by Crippen LogP contribution is 2.20. The van der Waals surface area contributed by atoms with Gasteiger partial charge >= 0.3 is 0 Å². The van der Waals surface area contributed by atoms with Gasteiger partial charge in [0.1, 0.15) is 5.82 Å². The van der Waals surface area contributed by atoms with Crippen molar-refractivity contribution in [3.8, 4) is 0 Å². The Bertz CT molecular complexity index is 685. The molecule has 0 atom stereocenters. The van der Waals surface area contributed by atoms with Gasteiger partial charge in [0.25, 0.3) is 0 Å². The number of hydrogen-bond acceptors (Lipinski definition) is 4. The van der Waals surface area contributed by atoms with Crippen LogP contribution < -0.4 is 11.1 Å². The first kappa shape index (κ1) is 13.1. The Morgan fingerprint density at radius 2 is 1.53 bits per heavy atom. The van der Waals surface area contributed by atoms with E-state index in [4.69, 9.17) is 5.73 Å². The van der Waals surface area contributed by atoms with Crippen molar-refractivity contribution in [2.75, 3.05) is 11.1 Å². The number of nitrogens with one attached hydrogen (secondary N) is 1. The van der Waals surface area contributed by atoms with E-state index in [9.17, 15) is 0 Å². The van der Waals surface area contributed by atoms with Crippen LogP contribution in [0.15, 0.2) is 54.6 Å². The molecular weight excluding hydrogens is 260 g/mol. The van der Waals surface area contributed by atoms with Crippen molar-refractivity contribution in [1.82, 2.24) is 9.97 Å². The Morgan fingerprint density at radius 3 is 2.32 bits per heavy atom. The van der Waals surface area contributed by atoms with Gasteiger partial charge in [-0.25, -0.2) is 4.98 Å². The number of halogens is 1. The summed E-state index contributed by atoms with van der Waals surface area (Å²) in [5.74, 6) is 0.997. The number of aromatic nitrogens is 2. The van der Waals surface area contributed by atoms with Crippen molar-refractivity contribution < 1.29 is 0 Å². The molecule has 0 fully saturated rings. The molecule has 0 aliphatic heterocycles. The van der Waals surface area contributed by atoms with Gasteiger partial charge in [-0.15, -0.1) is 12.4 Å². The van der Waals surface area contributed by atoms with Gasteiger partial charge in [0.15, 0.2) is 0 Å². The van der Waals surface area contributed by atoms with Gasteiger partial charge < -0.3 is 11.1 Å². The maximum atomic E-state index is 5.92. The van der Waals surface area contributed by atoms with E-state index in [0.29, 0.717) is 11.8 Å². The summed E-state index contributed by atoms with van der Waals surface area (Å²) in [5, 5.41) is 4.01. The second-order valence-corrected chi connectivity index (χ2v) is 3.94. The van der Waals surface area contributed by atoms with Crippen LogP contribution in [0, 0.1) is 0 Å². The van der Waals surface area contributed by atoms with Crippen LogP contribution in [0.2, 0.25) is 0 Å². The molecule has 3 aromatic rings. The monoisotopic (exact) mass is 272 g/mol. The van der Waals surface area contributed by atoms with E-state index in [-0.39, 0.29) is 12.4 Å². The normalized spacial score (nSPS) is 9.89. The minimum Gasteiger partial charge on any atom is -0.383 e. The summed E-state index contributed by atoms with van der Waals surface area (Å²) in [6.45, 7) is 0. The smallest absolute Gasteiger partial charge is 0.229 e. The standard InChI is InChI=1S/C14H12N4.ClH/c15-13-11-8-4-5-9-12(11)17-14(18-13)16-10-6-2-1-3-7-10;/h1-9H,(H3,15,16,17,18);1H. The molecule has 0 aliphatic carbocycles. The highest BCUT2D eigenvalue weighted by molar-refractivity contribution is 5.89. The molecule has 5 heteroatoms. The quantitative estimate of drug-likeness (QED) is 0.751. The van der Waals surface area contributed by atoms with Crippen molar-refractivity contribution in [3.63, 3.8) is 0 Å². The molecule has 0 radical (unpaired) electrons. The van der Waals surface area contributed by atoms with Gasteiger partial charge in [0.05, 0.1) is 5.52 Å². The first-order valence-electron chi connectivity index (χ1n) is 5.67. The number of nitrogens with zero attached hydrogens (tertiary/aromatic N) is 2. The molecule has 1 heterocycles. The van der Waals surface area contributed by atoms with Crippen molar-refractivity contribution in [1.29, 1.82) is 0 Å². The van der Waals surface area contributed by atoms with Crippen LogP contribution in [-0.4, -0.2) is 9.97 Å². The molecule has 0 bridgehead atoms. The number of nitrogens with two attached hydrogens (primary N) is 1. The van der Waals surface area contributed by atoms with Gasteiger partial charge in [0, 0.05) is 11.1 Å². The van der Waals surface area contributed by atoms with Crippen molar-refractivity contribution in [3.05, 3.63) is 54.6 Å². The van der Waals surface area contributed by atoms with Crippen LogP contribution in [0.5, 0.6) is 0 Å². The zero-order chi connectivity index (χ0) is 12.4. The van der Waals surface area contributed by atoms with E-state index >= 15 is 0 Å². The maximum Gasteiger partial charge on any atom is 0.229 e. The molecule has 0 unspecified atom stereocenters. The van der Waals surface area contributed by atoms with E-state index in [0.717, 1.165) is 16.6 Å². The number of fused-ring (bicyclic) bond motifs is 1. The van der Waals surface area contributed by atoms with Crippen LogP contribution in [-0.2, 0) is 0 Å². The number of rotatable bonds is 2. The van der Waals surface area contributed by atoms with E-state index in [1.807, 2.05) is 54.6 Å². The largest absolute Gasteiger partial charge is 0.383 e. The number of nitrogen functional groups attached to an aromatic ring is 1. The molecular formula is C14H13ClN4. The lowest BCUT2D eigenvalue weighted by Gasteiger charge is -2.07. The highest BCUT2D eigenvalue weighted by Gasteiger charge is 2.04. The van der Waals surface area contributed by atoms with E-state index in [2.05, 4.69) is 15.3 Å². The molecule has 0 aliphatic rings. The van der Waals surface area contributed by atoms with Crippen molar-refractivity contribution in [2.45, 2.75) is 0 Å². The summed E-state index contributed by atoms with van der Waals surface area (Å²) in [4.78, 5) is 8.68. The second-order valence-electron chi connectivity index (χ2n) is 3.94. The molecule has 2 aromatic carbocycles. The van der Waals surface area contributed by atoms with Crippen LogP contribution in [0.25, 0.3) is 10.9 Å². The third kappa shape index (κ3) is 2.74. The van der Waals surface area contributed by atoms with Gasteiger partial charge in [-0.2, -0.15) is 4.98 Å². The van der Waals surface area contributed by atoms with Gasteiger partial charge in [-0.05, 0) is 24.3 Å². The third-order valence-corrected chi connectivity index (χ3v) is 2.66. The lowest BCUT2D eigenvalue weighted by atomic mass is 10.2. The van der Waals surface area contributed by atoms with Gasteiger partial charge in [0.2, 0.25) is 5.95 Å². The molecule has 0 amide bonds. The van der Waals surface area contributed by atoms with Gasteiger partial charge in [-0.3, -0.25) is 0 Å². The van der Waals surface area contributed by atoms with Gasteiger partial charge in [-0.1, -0.05) is 30.3 Å². The highest BCUT2D eigenvalue weighted by atomic mass is 35.5. The predicted octanol–water partition coefficient (Wildman–Crippen LogP) is 3.38. The van der Waals surface area contributed by atoms with Crippen LogP contribution in [0.4, 0.5) is 17.5 Å². The molecule has 4 nitrogen and oxygen atoms in total. The molecule has 19 heavy (non-hydrogen) atoms. The average molecular weight is 273 g/mol. The number of para-hydroxylation sites is 2. The molecule has 3 N–H and O–H groups in total. The lowest BCUT2D eigenvalue weighted by Crippen LogP contribution is -2.01. The predicted molar refractivity (Wildman–Crippen MR) is 80.9 cm³/mol. The number of hydrogen-bond donors (Lipinski definition) is 2. The first-order chi connectivity index (χ1) is 8.83. The molecule has 1 aromatic heterocycles. The number of anilines is 3. The summed E-state index contributed by atoms with van der Waals surface area (Å²) in [6, 6.07) is 17.5. The third-order valence-electron chi connectivity index (χ3n) is 2.66. The maximum absolute atomic E-state index is 5.92. The summed E-state index contributed by atoms with van der Waals surface area (Å²) in [6.07, 6.45) is 0. The Kier molecular flexibility index (Phi) is 3.82. The fourth-order valence-corrected chi connectivity index (χ4v) is 1.81. The zero-order valence-corrected chi connectivity index (χ0v) is 10.9. The minimum atomic E-state index is 0. The average Bonchev–Trinajstić information content (AvgIpc) is 2.40.